The van der Waals surface area contributed by atoms with Crippen LogP contribution in [-0.4, -0.2) is 4.92 Å². The van der Waals surface area contributed by atoms with Gasteiger partial charge in [0.15, 0.2) is 6.20 Å². The summed E-state index contributed by atoms with van der Waals surface area (Å²) in [5, 5.41) is 20.4. The van der Waals surface area contributed by atoms with Gasteiger partial charge in [-0.2, -0.15) is 4.73 Å². The third kappa shape index (κ3) is 1.19. The molecule has 0 spiro atoms. The fourth-order valence-corrected chi connectivity index (χ4v) is 0.551. The van der Waals surface area contributed by atoms with Crippen molar-refractivity contribution in [3.8, 4) is 0 Å². The third-order valence-electron chi connectivity index (χ3n) is 0.970. The van der Waals surface area contributed by atoms with E-state index in [9.17, 15) is 15.3 Å². The van der Waals surface area contributed by atoms with E-state index in [2.05, 4.69) is 0 Å². The Labute approximate surface area is 56.3 Å². The van der Waals surface area contributed by atoms with Crippen LogP contribution in [0.25, 0.3) is 0 Å². The molecule has 10 heavy (non-hydrogen) atoms. The topological polar surface area (TPSA) is 70.1 Å². The van der Waals surface area contributed by atoms with Crippen molar-refractivity contribution in [1.29, 1.82) is 0 Å². The van der Waals surface area contributed by atoms with E-state index in [4.69, 9.17) is 0 Å². The number of hydrogen-bond donors (Lipinski definition) is 0. The Morgan fingerprint density at radius 3 is 2.70 bits per heavy atom. The van der Waals surface area contributed by atoms with Gasteiger partial charge >= 0.3 is 5.69 Å². The van der Waals surface area contributed by atoms with Crippen LogP contribution in [0.4, 0.5) is 5.69 Å². The van der Waals surface area contributed by atoms with Crippen LogP contribution >= 0.6 is 0 Å². The molecule has 0 aliphatic carbocycles. The van der Waals surface area contributed by atoms with E-state index in [1.54, 1.807) is 0 Å². The summed E-state index contributed by atoms with van der Waals surface area (Å²) in [6, 6.07) is 2.58. The summed E-state index contributed by atoms with van der Waals surface area (Å²) in [7, 11) is 0. The molecular formula is C5H4N2O3. The predicted octanol–water partition coefficient (Wildman–Crippen LogP) is 0.228. The van der Waals surface area contributed by atoms with Crippen LogP contribution in [0.5, 0.6) is 0 Å². The lowest BCUT2D eigenvalue weighted by atomic mass is 10.4. The fraction of sp³-hybridized carbons (Fsp3) is 0. The van der Waals surface area contributed by atoms with Crippen molar-refractivity contribution in [3.63, 3.8) is 0 Å². The summed E-state index contributed by atoms with van der Waals surface area (Å²) >= 11 is 0. The average Bonchev–Trinajstić information content (AvgIpc) is 1.88. The zero-order chi connectivity index (χ0) is 7.56. The van der Waals surface area contributed by atoms with Gasteiger partial charge in [-0.05, 0) is 0 Å². The Morgan fingerprint density at radius 1 is 1.60 bits per heavy atom. The molecule has 5 nitrogen and oxygen atoms in total. The molecule has 0 radical (unpaired) electrons. The number of pyridine rings is 1. The normalized spacial score (nSPS) is 9.20. The average molecular weight is 140 g/mol. The molecule has 0 saturated heterocycles. The molecule has 0 N–H and O–H groups in total. The fourth-order valence-electron chi connectivity index (χ4n) is 0.551. The molecule has 0 aliphatic heterocycles. The minimum Gasteiger partial charge on any atom is -0.619 e. The zero-order valence-electron chi connectivity index (χ0n) is 4.93. The van der Waals surface area contributed by atoms with E-state index < -0.39 is 4.92 Å². The SMILES string of the molecule is O=[N+]([O-])c1ccc[n+]([O-])c1. The summed E-state index contributed by atoms with van der Waals surface area (Å²) in [6.45, 7) is 0. The molecule has 0 atom stereocenters. The molecule has 1 aromatic rings. The van der Waals surface area contributed by atoms with Crippen molar-refractivity contribution in [2.45, 2.75) is 0 Å². The standard InChI is InChI=1S/C5H4N2O3/c8-6-3-1-2-5(4-6)7(9)10/h1-4H. The van der Waals surface area contributed by atoms with Gasteiger partial charge in [0.1, 0.15) is 0 Å². The second-order valence-electron chi connectivity index (χ2n) is 1.68. The highest BCUT2D eigenvalue weighted by atomic mass is 16.6. The predicted molar refractivity (Wildman–Crippen MR) is 32.1 cm³/mol. The molecule has 1 aromatic heterocycles. The van der Waals surface area contributed by atoms with Crippen LogP contribution in [0.1, 0.15) is 0 Å². The maximum absolute atomic E-state index is 10.4. The van der Waals surface area contributed by atoms with Crippen LogP contribution in [0.2, 0.25) is 0 Å². The second kappa shape index (κ2) is 2.30. The highest BCUT2D eigenvalue weighted by Gasteiger charge is 2.06. The minimum atomic E-state index is -0.617. The molecule has 0 aromatic carbocycles. The largest absolute Gasteiger partial charge is 0.619 e. The summed E-state index contributed by atoms with van der Waals surface area (Å²) in [5.41, 5.74) is -0.197. The maximum Gasteiger partial charge on any atom is 0.333 e. The smallest absolute Gasteiger partial charge is 0.333 e. The van der Waals surface area contributed by atoms with E-state index >= 15 is 0 Å². The molecule has 0 saturated carbocycles. The molecule has 52 valence electrons. The van der Waals surface area contributed by atoms with Gasteiger partial charge in [-0.3, -0.25) is 10.1 Å². The van der Waals surface area contributed by atoms with E-state index in [-0.39, 0.29) is 5.69 Å². The van der Waals surface area contributed by atoms with Gasteiger partial charge in [0, 0.05) is 12.1 Å². The monoisotopic (exact) mass is 140 g/mol. The summed E-state index contributed by atoms with van der Waals surface area (Å²) < 4.78 is 0.387. The number of hydrogen-bond acceptors (Lipinski definition) is 3. The van der Waals surface area contributed by atoms with Gasteiger partial charge < -0.3 is 5.21 Å². The maximum atomic E-state index is 10.4. The van der Waals surface area contributed by atoms with Crippen molar-refractivity contribution in [3.05, 3.63) is 39.8 Å². The van der Waals surface area contributed by atoms with Gasteiger partial charge in [0.25, 0.3) is 6.20 Å². The quantitative estimate of drug-likeness (QED) is 0.242. The molecule has 1 rings (SSSR count). The first-order valence-electron chi connectivity index (χ1n) is 2.53. The molecular weight excluding hydrogens is 136 g/mol. The van der Waals surface area contributed by atoms with Gasteiger partial charge in [-0.15, -0.1) is 0 Å². The molecule has 5 heteroatoms. The van der Waals surface area contributed by atoms with Crippen molar-refractivity contribution in [2.24, 2.45) is 0 Å². The number of nitro groups is 1. The van der Waals surface area contributed by atoms with Crippen molar-refractivity contribution < 1.29 is 9.65 Å². The van der Waals surface area contributed by atoms with Gasteiger partial charge in [-0.1, -0.05) is 0 Å². The Balaban J connectivity index is 3.07. The first-order valence-corrected chi connectivity index (χ1v) is 2.53. The highest BCUT2D eigenvalue weighted by molar-refractivity contribution is 5.21. The van der Waals surface area contributed by atoms with Gasteiger partial charge in [-0.25, -0.2) is 0 Å². The summed E-state index contributed by atoms with van der Waals surface area (Å²) in [4.78, 5) is 9.39. The van der Waals surface area contributed by atoms with E-state index in [0.29, 0.717) is 4.73 Å². The molecule has 0 bridgehead atoms. The first kappa shape index (κ1) is 6.47. The lowest BCUT2D eigenvalue weighted by Crippen LogP contribution is -2.24. The Kier molecular flexibility index (Phi) is 1.49. The van der Waals surface area contributed by atoms with Crippen LogP contribution in [0.3, 0.4) is 0 Å². The Morgan fingerprint density at radius 2 is 2.30 bits per heavy atom. The Hall–Kier alpha value is -1.65. The van der Waals surface area contributed by atoms with Crippen LogP contribution in [0.15, 0.2) is 24.5 Å². The number of rotatable bonds is 1. The van der Waals surface area contributed by atoms with Crippen LogP contribution in [0, 0.1) is 15.3 Å². The molecule has 0 fully saturated rings. The molecule has 1 heterocycles. The number of aromatic nitrogens is 1. The molecule has 0 unspecified atom stereocenters. The Bertz CT molecular complexity index is 261. The summed E-state index contributed by atoms with van der Waals surface area (Å²) in [6.07, 6.45) is 2.09. The van der Waals surface area contributed by atoms with Gasteiger partial charge in [0.05, 0.1) is 4.92 Å². The number of nitrogens with zero attached hydrogens (tertiary/aromatic N) is 2. The van der Waals surface area contributed by atoms with Crippen LogP contribution < -0.4 is 4.73 Å². The first-order chi connectivity index (χ1) is 4.70. The van der Waals surface area contributed by atoms with E-state index in [0.717, 1.165) is 6.20 Å². The van der Waals surface area contributed by atoms with Crippen LogP contribution in [-0.2, 0) is 0 Å². The van der Waals surface area contributed by atoms with Crippen molar-refractivity contribution >= 4 is 5.69 Å². The molecule has 0 aliphatic rings. The highest BCUT2D eigenvalue weighted by Crippen LogP contribution is 2.03. The van der Waals surface area contributed by atoms with Gasteiger partial charge in [0.2, 0.25) is 0 Å². The molecule has 0 amide bonds. The minimum absolute atomic E-state index is 0.197. The summed E-state index contributed by atoms with van der Waals surface area (Å²) in [5.74, 6) is 0. The van der Waals surface area contributed by atoms with E-state index in [1.807, 2.05) is 0 Å². The second-order valence-corrected chi connectivity index (χ2v) is 1.68. The third-order valence-corrected chi connectivity index (χ3v) is 0.970. The lowest BCUT2D eigenvalue weighted by molar-refractivity contribution is -0.609. The zero-order valence-corrected chi connectivity index (χ0v) is 4.93. The van der Waals surface area contributed by atoms with Crippen molar-refractivity contribution in [2.75, 3.05) is 0 Å². The van der Waals surface area contributed by atoms with E-state index in [1.165, 1.54) is 18.3 Å². The lowest BCUT2D eigenvalue weighted by Gasteiger charge is -1.91. The van der Waals surface area contributed by atoms with Crippen molar-refractivity contribution in [1.82, 2.24) is 0 Å².